The molecule has 0 aromatic heterocycles. The fourth-order valence-electron chi connectivity index (χ4n) is 3.92. The van der Waals surface area contributed by atoms with E-state index in [4.69, 9.17) is 24.3 Å². The molecule has 40 heavy (non-hydrogen) atoms. The van der Waals surface area contributed by atoms with E-state index in [9.17, 15) is 24.0 Å². The second-order valence-corrected chi connectivity index (χ2v) is 10.8. The molecule has 1 aromatic rings. The first-order valence-corrected chi connectivity index (χ1v) is 14.1. The molecule has 5 N–H and O–H groups in total. The number of hydrogen-bond donors (Lipinski definition) is 4. The van der Waals surface area contributed by atoms with Gasteiger partial charge in [-0.1, -0.05) is 37.8 Å². The molecule has 3 rings (SSSR count). The zero-order chi connectivity index (χ0) is 29.5. The number of allylic oxidation sites excluding steroid dienone is 1. The number of nitrogens with two attached hydrogens (primary N) is 1. The summed E-state index contributed by atoms with van der Waals surface area (Å²) >= 11 is 0. The fraction of sp³-hybridized carbons (Fsp3) is 0.480. The Labute approximate surface area is 231 Å². The van der Waals surface area contributed by atoms with Crippen LogP contribution in [0.5, 0.6) is 5.75 Å². The van der Waals surface area contributed by atoms with Crippen LogP contribution in [0.2, 0.25) is 0 Å². The molecule has 13 nitrogen and oxygen atoms in total. The number of nitrogens with zero attached hydrogens (tertiary/aromatic N) is 3. The van der Waals surface area contributed by atoms with Crippen molar-refractivity contribution in [3.63, 3.8) is 0 Å². The van der Waals surface area contributed by atoms with Crippen LogP contribution in [0.15, 0.2) is 64.5 Å². The summed E-state index contributed by atoms with van der Waals surface area (Å²) in [5.74, 6) is -0.471. The van der Waals surface area contributed by atoms with Crippen molar-refractivity contribution in [1.29, 1.82) is 0 Å². The summed E-state index contributed by atoms with van der Waals surface area (Å²) in [5.41, 5.74) is 4.07. The number of para-hydroxylation sites is 1. The third-order valence-electron chi connectivity index (χ3n) is 6.09. The smallest absolute Gasteiger partial charge is 0.459 e. The first-order valence-electron chi connectivity index (χ1n) is 12.6. The highest BCUT2D eigenvalue weighted by Crippen LogP contribution is 2.47. The van der Waals surface area contributed by atoms with Crippen LogP contribution >= 0.6 is 7.75 Å². The topological polar surface area (TPSA) is 178 Å². The number of aliphatic hydroxyl groups excluding tert-OH is 2. The molecule has 0 spiro atoms. The first kappa shape index (κ1) is 31.4. The van der Waals surface area contributed by atoms with Gasteiger partial charge in [-0.25, -0.2) is 19.0 Å². The highest BCUT2D eigenvalue weighted by molar-refractivity contribution is 7.52. The minimum absolute atomic E-state index is 0.0261. The van der Waals surface area contributed by atoms with Crippen molar-refractivity contribution in [2.45, 2.75) is 57.1 Å². The Kier molecular flexibility index (Phi) is 10.6. The normalized spacial score (nSPS) is 27.6. The van der Waals surface area contributed by atoms with E-state index >= 15 is 0 Å². The van der Waals surface area contributed by atoms with Crippen molar-refractivity contribution in [3.05, 3.63) is 54.4 Å². The van der Waals surface area contributed by atoms with Crippen molar-refractivity contribution in [1.82, 2.24) is 10.1 Å². The zero-order valence-electron chi connectivity index (χ0n) is 22.5. The van der Waals surface area contributed by atoms with Gasteiger partial charge in [0.15, 0.2) is 5.84 Å². The molecule has 6 atom stereocenters. The van der Waals surface area contributed by atoms with E-state index in [1.165, 1.54) is 24.1 Å². The molecule has 2 aliphatic rings. The Morgan fingerprint density at radius 1 is 1.40 bits per heavy atom. The summed E-state index contributed by atoms with van der Waals surface area (Å²) in [7, 11) is -4.42. The van der Waals surface area contributed by atoms with Crippen LogP contribution in [-0.4, -0.2) is 83.2 Å². The maximum atomic E-state index is 14.6. The lowest BCUT2D eigenvalue weighted by molar-refractivity contribution is -0.145. The molecule has 15 heteroatoms. The molecular formula is C25H35FN5O8P. The highest BCUT2D eigenvalue weighted by Gasteiger charge is 2.57. The van der Waals surface area contributed by atoms with E-state index in [0.717, 1.165) is 6.34 Å². The second kappa shape index (κ2) is 13.5. The van der Waals surface area contributed by atoms with E-state index in [0.29, 0.717) is 12.1 Å². The third-order valence-corrected chi connectivity index (χ3v) is 7.71. The summed E-state index contributed by atoms with van der Waals surface area (Å²) in [6, 6.07) is 6.81. The number of alkyl halides is 1. The molecule has 0 amide bonds. The monoisotopic (exact) mass is 583 g/mol. The molecule has 1 aromatic carbocycles. The predicted molar refractivity (Wildman–Crippen MR) is 145 cm³/mol. The zero-order valence-corrected chi connectivity index (χ0v) is 23.4. The fourth-order valence-corrected chi connectivity index (χ4v) is 5.47. The van der Waals surface area contributed by atoms with Crippen LogP contribution in [0.4, 0.5) is 4.39 Å². The van der Waals surface area contributed by atoms with E-state index in [1.807, 2.05) is 6.92 Å². The summed E-state index contributed by atoms with van der Waals surface area (Å²) in [5, 5.41) is 29.5. The molecule has 1 fully saturated rings. The van der Waals surface area contributed by atoms with Crippen LogP contribution in [0, 0.1) is 0 Å². The number of aliphatic imine (C=N–C) groups is 1. The van der Waals surface area contributed by atoms with Gasteiger partial charge in [-0.3, -0.25) is 9.32 Å². The van der Waals surface area contributed by atoms with Crippen LogP contribution in [0.25, 0.3) is 0 Å². The minimum atomic E-state index is -4.42. The number of hydrogen-bond acceptors (Lipinski definition) is 12. The van der Waals surface area contributed by atoms with Gasteiger partial charge in [-0.05, 0) is 32.4 Å². The number of esters is 1. The second-order valence-electron chi connectivity index (χ2n) is 9.09. The van der Waals surface area contributed by atoms with Crippen LogP contribution in [0.1, 0.15) is 27.2 Å². The standard InChI is InChI=1S/C25H35FN5O8P/c1-5-12-36-24(34)16(3)30-40(35,39-18-10-8-7-9-11-18)37-14-25(13-26)22(33)20(32)21(38-25)17(4)31-19(6-2)23(27)28-15-29-31/h6-11,15-16,20-22,32-33H,4-5,12-14H2,1-3H3,(H,30,35)(H2,27,28,29)/b19-6-/t16-,20-,21-,22-,25+,40?/m0/s1. The molecule has 2 heterocycles. The number of carbonyl (C=O) groups excluding carboxylic acids is 1. The van der Waals surface area contributed by atoms with Crippen LogP contribution in [-0.2, 0) is 23.4 Å². The molecular weight excluding hydrogens is 548 g/mol. The molecule has 2 aliphatic heterocycles. The average Bonchev–Trinajstić information content (AvgIpc) is 3.20. The van der Waals surface area contributed by atoms with Gasteiger partial charge in [-0.15, -0.1) is 0 Å². The van der Waals surface area contributed by atoms with E-state index in [2.05, 4.69) is 21.8 Å². The third kappa shape index (κ3) is 6.95. The molecule has 0 radical (unpaired) electrons. The number of ether oxygens (including phenoxy) is 2. The lowest BCUT2D eigenvalue weighted by atomic mass is 9.96. The van der Waals surface area contributed by atoms with Gasteiger partial charge in [0.1, 0.15) is 54.4 Å². The Morgan fingerprint density at radius 3 is 2.73 bits per heavy atom. The van der Waals surface area contributed by atoms with Gasteiger partial charge >= 0.3 is 13.7 Å². The summed E-state index contributed by atoms with van der Waals surface area (Å²) in [4.78, 5) is 16.2. The predicted octanol–water partition coefficient (Wildman–Crippen LogP) is 1.98. The molecule has 1 saturated heterocycles. The van der Waals surface area contributed by atoms with Gasteiger partial charge in [0.05, 0.1) is 18.9 Å². The Bertz CT molecular complexity index is 1200. The van der Waals surface area contributed by atoms with Crippen LogP contribution < -0.4 is 15.3 Å². The lowest BCUT2D eigenvalue weighted by Gasteiger charge is -2.32. The Morgan fingerprint density at radius 2 is 2.10 bits per heavy atom. The van der Waals surface area contributed by atoms with E-state index in [1.54, 1.807) is 31.2 Å². The molecule has 0 aliphatic carbocycles. The summed E-state index contributed by atoms with van der Waals surface area (Å²) in [6.07, 6.45) is -1.55. The number of rotatable bonds is 13. The maximum Gasteiger partial charge on any atom is 0.459 e. The van der Waals surface area contributed by atoms with Crippen molar-refractivity contribution in [2.24, 2.45) is 15.8 Å². The van der Waals surface area contributed by atoms with Crippen molar-refractivity contribution in [2.75, 3.05) is 19.9 Å². The minimum Gasteiger partial charge on any atom is -0.465 e. The quantitative estimate of drug-likeness (QED) is 0.197. The summed E-state index contributed by atoms with van der Waals surface area (Å²) < 4.78 is 50.3. The van der Waals surface area contributed by atoms with E-state index in [-0.39, 0.29) is 23.9 Å². The molecule has 220 valence electrons. The lowest BCUT2D eigenvalue weighted by Crippen LogP contribution is -2.49. The number of carbonyl (C=O) groups is 1. The average molecular weight is 584 g/mol. The largest absolute Gasteiger partial charge is 0.465 e. The number of halogens is 1. The molecule has 0 bridgehead atoms. The summed E-state index contributed by atoms with van der Waals surface area (Å²) in [6.45, 7) is 6.73. The molecule has 1 unspecified atom stereocenters. The highest BCUT2D eigenvalue weighted by atomic mass is 31.2. The number of nitrogens with one attached hydrogen (secondary N) is 1. The van der Waals surface area contributed by atoms with Gasteiger partial charge < -0.3 is 29.9 Å². The van der Waals surface area contributed by atoms with Crippen molar-refractivity contribution < 1.29 is 42.5 Å². The van der Waals surface area contributed by atoms with Gasteiger partial charge in [0.2, 0.25) is 0 Å². The Balaban J connectivity index is 1.82. The first-order chi connectivity index (χ1) is 19.0. The van der Waals surface area contributed by atoms with Crippen LogP contribution in [0.3, 0.4) is 0 Å². The maximum absolute atomic E-state index is 14.6. The number of hydrazone groups is 1. The number of benzene rings is 1. The van der Waals surface area contributed by atoms with E-state index < -0.39 is 57.0 Å². The van der Waals surface area contributed by atoms with Crippen molar-refractivity contribution >= 4 is 25.9 Å². The van der Waals surface area contributed by atoms with Gasteiger partial charge in [0, 0.05) is 0 Å². The van der Waals surface area contributed by atoms with Gasteiger partial charge in [-0.2, -0.15) is 10.2 Å². The number of amidine groups is 1. The SMILES string of the molecule is C=C([C@@H]1O[C@](CF)(COP(=O)(N[C@@H](C)C(=O)OCCC)Oc2ccccc2)[C@@H](O)[C@H]1O)N1N=CN=C(N)/C1=C/C. The Hall–Kier alpha value is -3.13. The van der Waals surface area contributed by atoms with Gasteiger partial charge in [0.25, 0.3) is 0 Å². The van der Waals surface area contributed by atoms with Crippen molar-refractivity contribution in [3.8, 4) is 5.75 Å². The number of aliphatic hydroxyl groups is 2. The molecule has 0 saturated carbocycles.